The zero-order valence-electron chi connectivity index (χ0n) is 11.5. The molecule has 1 saturated carbocycles. The molecule has 3 heteroatoms. The van der Waals surface area contributed by atoms with Gasteiger partial charge in [-0.05, 0) is 19.8 Å². The van der Waals surface area contributed by atoms with Crippen molar-refractivity contribution in [3.63, 3.8) is 0 Å². The average Bonchev–Trinajstić information content (AvgIpc) is 2.83. The van der Waals surface area contributed by atoms with Gasteiger partial charge in [0.2, 0.25) is 0 Å². The minimum atomic E-state index is 0.493. The molecule has 1 aromatic heterocycles. The molecular weight excluding hydrogens is 234 g/mol. The summed E-state index contributed by atoms with van der Waals surface area (Å²) in [6, 6.07) is 11.0. The number of hydrogen-bond acceptors (Lipinski definition) is 2. The highest BCUT2D eigenvalue weighted by Crippen LogP contribution is 2.31. The standard InChI is InChI=1S/C16H21N3/c1-12-7-9-13(10-8-12)15-11-16(17)19(18-15)14-5-3-2-4-6-14/h7-11,14H,2-6,17H2,1H3. The van der Waals surface area contributed by atoms with E-state index in [0.717, 1.165) is 17.1 Å². The third-order valence-corrected chi connectivity index (χ3v) is 4.03. The summed E-state index contributed by atoms with van der Waals surface area (Å²) in [4.78, 5) is 0. The van der Waals surface area contributed by atoms with Crippen molar-refractivity contribution < 1.29 is 0 Å². The predicted molar refractivity (Wildman–Crippen MR) is 78.9 cm³/mol. The van der Waals surface area contributed by atoms with E-state index < -0.39 is 0 Å². The lowest BCUT2D eigenvalue weighted by Crippen LogP contribution is -2.16. The van der Waals surface area contributed by atoms with Crippen LogP contribution in [0.4, 0.5) is 5.82 Å². The van der Waals surface area contributed by atoms with Gasteiger partial charge in [0.1, 0.15) is 5.82 Å². The molecule has 19 heavy (non-hydrogen) atoms. The van der Waals surface area contributed by atoms with E-state index in [4.69, 9.17) is 10.8 Å². The second-order valence-corrected chi connectivity index (χ2v) is 5.56. The highest BCUT2D eigenvalue weighted by Gasteiger charge is 2.19. The Kier molecular flexibility index (Phi) is 3.28. The van der Waals surface area contributed by atoms with Crippen molar-refractivity contribution in [2.75, 3.05) is 5.73 Å². The summed E-state index contributed by atoms with van der Waals surface area (Å²) in [5, 5.41) is 4.73. The maximum absolute atomic E-state index is 6.14. The van der Waals surface area contributed by atoms with Gasteiger partial charge in [0.25, 0.3) is 0 Å². The van der Waals surface area contributed by atoms with Gasteiger partial charge in [-0.25, -0.2) is 4.68 Å². The Hall–Kier alpha value is -1.77. The minimum absolute atomic E-state index is 0.493. The first-order valence-corrected chi connectivity index (χ1v) is 7.16. The van der Waals surface area contributed by atoms with Crippen LogP contribution in [0.1, 0.15) is 43.7 Å². The quantitative estimate of drug-likeness (QED) is 0.883. The predicted octanol–water partition coefficient (Wildman–Crippen LogP) is 3.95. The average molecular weight is 255 g/mol. The molecular formula is C16H21N3. The summed E-state index contributed by atoms with van der Waals surface area (Å²) < 4.78 is 2.04. The molecule has 1 aliphatic rings. The van der Waals surface area contributed by atoms with Crippen molar-refractivity contribution >= 4 is 5.82 Å². The Morgan fingerprint density at radius 2 is 1.79 bits per heavy atom. The van der Waals surface area contributed by atoms with Crippen LogP contribution >= 0.6 is 0 Å². The molecule has 1 aliphatic carbocycles. The lowest BCUT2D eigenvalue weighted by atomic mass is 9.96. The lowest BCUT2D eigenvalue weighted by Gasteiger charge is -2.22. The molecule has 0 bridgehead atoms. The summed E-state index contributed by atoms with van der Waals surface area (Å²) in [6.07, 6.45) is 6.36. The van der Waals surface area contributed by atoms with Gasteiger partial charge in [-0.3, -0.25) is 0 Å². The monoisotopic (exact) mass is 255 g/mol. The van der Waals surface area contributed by atoms with Crippen LogP contribution in [0, 0.1) is 6.92 Å². The normalized spacial score (nSPS) is 16.7. The maximum atomic E-state index is 6.14. The number of rotatable bonds is 2. The van der Waals surface area contributed by atoms with Crippen molar-refractivity contribution in [3.05, 3.63) is 35.9 Å². The highest BCUT2D eigenvalue weighted by molar-refractivity contribution is 5.62. The molecule has 1 heterocycles. The van der Waals surface area contributed by atoms with Gasteiger partial charge in [-0.15, -0.1) is 0 Å². The summed E-state index contributed by atoms with van der Waals surface area (Å²) in [6.45, 7) is 2.10. The van der Waals surface area contributed by atoms with Crippen molar-refractivity contribution in [2.24, 2.45) is 0 Å². The first kappa shape index (κ1) is 12.3. The molecule has 0 unspecified atom stereocenters. The number of benzene rings is 1. The topological polar surface area (TPSA) is 43.8 Å². The molecule has 2 N–H and O–H groups in total. The number of hydrogen-bond donors (Lipinski definition) is 1. The van der Waals surface area contributed by atoms with E-state index in [1.807, 2.05) is 10.7 Å². The fourth-order valence-electron chi connectivity index (χ4n) is 2.89. The van der Waals surface area contributed by atoms with E-state index in [-0.39, 0.29) is 0 Å². The van der Waals surface area contributed by atoms with Crippen molar-refractivity contribution in [2.45, 2.75) is 45.1 Å². The van der Waals surface area contributed by atoms with Gasteiger partial charge < -0.3 is 5.73 Å². The zero-order valence-corrected chi connectivity index (χ0v) is 11.5. The number of anilines is 1. The molecule has 1 fully saturated rings. The zero-order chi connectivity index (χ0) is 13.2. The van der Waals surface area contributed by atoms with Gasteiger partial charge in [0.15, 0.2) is 0 Å². The van der Waals surface area contributed by atoms with Gasteiger partial charge >= 0.3 is 0 Å². The number of aromatic nitrogens is 2. The third-order valence-electron chi connectivity index (χ3n) is 4.03. The SMILES string of the molecule is Cc1ccc(-c2cc(N)n(C3CCCCC3)n2)cc1. The van der Waals surface area contributed by atoms with E-state index in [2.05, 4.69) is 31.2 Å². The summed E-state index contributed by atoms with van der Waals surface area (Å²) in [7, 11) is 0. The summed E-state index contributed by atoms with van der Waals surface area (Å²) >= 11 is 0. The third kappa shape index (κ3) is 2.50. The van der Waals surface area contributed by atoms with E-state index in [0.29, 0.717) is 6.04 Å². The van der Waals surface area contributed by atoms with Crippen LogP contribution in [0.15, 0.2) is 30.3 Å². The Morgan fingerprint density at radius 1 is 1.11 bits per heavy atom. The summed E-state index contributed by atoms with van der Waals surface area (Å²) in [5.74, 6) is 0.794. The molecule has 0 aliphatic heterocycles. The first-order chi connectivity index (χ1) is 9.24. The number of nitrogens with zero attached hydrogens (tertiary/aromatic N) is 2. The lowest BCUT2D eigenvalue weighted by molar-refractivity contribution is 0.333. The van der Waals surface area contributed by atoms with Crippen LogP contribution in [0.3, 0.4) is 0 Å². The number of aryl methyl sites for hydroxylation is 1. The van der Waals surface area contributed by atoms with Crippen LogP contribution in [0.2, 0.25) is 0 Å². The first-order valence-electron chi connectivity index (χ1n) is 7.16. The fourth-order valence-corrected chi connectivity index (χ4v) is 2.89. The van der Waals surface area contributed by atoms with Crippen LogP contribution in [0.25, 0.3) is 11.3 Å². The van der Waals surface area contributed by atoms with Crippen LogP contribution in [0.5, 0.6) is 0 Å². The van der Waals surface area contributed by atoms with Crippen molar-refractivity contribution in [1.82, 2.24) is 9.78 Å². The second-order valence-electron chi connectivity index (χ2n) is 5.56. The Labute approximate surface area is 114 Å². The van der Waals surface area contributed by atoms with Crippen LogP contribution < -0.4 is 5.73 Å². The molecule has 0 amide bonds. The van der Waals surface area contributed by atoms with Gasteiger partial charge in [0.05, 0.1) is 11.7 Å². The second kappa shape index (κ2) is 5.08. The molecule has 0 atom stereocenters. The highest BCUT2D eigenvalue weighted by atomic mass is 15.3. The molecule has 0 spiro atoms. The Bertz CT molecular complexity index is 548. The van der Waals surface area contributed by atoms with Gasteiger partial charge in [0, 0.05) is 11.6 Å². The van der Waals surface area contributed by atoms with Crippen molar-refractivity contribution in [1.29, 1.82) is 0 Å². The smallest absolute Gasteiger partial charge is 0.122 e. The van der Waals surface area contributed by atoms with Crippen LogP contribution in [-0.2, 0) is 0 Å². The van der Waals surface area contributed by atoms with Crippen molar-refractivity contribution in [3.8, 4) is 11.3 Å². The van der Waals surface area contributed by atoms with E-state index >= 15 is 0 Å². The summed E-state index contributed by atoms with van der Waals surface area (Å²) in [5.41, 5.74) is 9.54. The molecule has 3 rings (SSSR count). The molecule has 0 saturated heterocycles. The van der Waals surface area contributed by atoms with Gasteiger partial charge in [-0.2, -0.15) is 5.10 Å². The molecule has 0 radical (unpaired) electrons. The fraction of sp³-hybridized carbons (Fsp3) is 0.438. The van der Waals surface area contributed by atoms with E-state index in [1.54, 1.807) is 0 Å². The van der Waals surface area contributed by atoms with E-state index in [1.165, 1.54) is 37.7 Å². The van der Waals surface area contributed by atoms with E-state index in [9.17, 15) is 0 Å². The number of nitrogen functional groups attached to an aromatic ring is 1. The minimum Gasteiger partial charge on any atom is -0.384 e. The molecule has 1 aromatic carbocycles. The maximum Gasteiger partial charge on any atom is 0.122 e. The largest absolute Gasteiger partial charge is 0.384 e. The molecule has 100 valence electrons. The molecule has 2 aromatic rings. The molecule has 3 nitrogen and oxygen atoms in total. The number of nitrogens with two attached hydrogens (primary N) is 1. The van der Waals surface area contributed by atoms with Crippen LogP contribution in [-0.4, -0.2) is 9.78 Å². The Balaban J connectivity index is 1.90. The Morgan fingerprint density at radius 3 is 2.47 bits per heavy atom. The van der Waals surface area contributed by atoms with Gasteiger partial charge in [-0.1, -0.05) is 49.1 Å².